The van der Waals surface area contributed by atoms with Crippen LogP contribution in [0.3, 0.4) is 0 Å². The molecule has 0 radical (unpaired) electrons. The third-order valence-electron chi connectivity index (χ3n) is 5.37. The van der Waals surface area contributed by atoms with E-state index in [9.17, 15) is 23.6 Å². The zero-order valence-electron chi connectivity index (χ0n) is 20.8. The predicted molar refractivity (Wildman–Crippen MR) is 138 cm³/mol. The monoisotopic (exact) mass is 543 g/mol. The first-order valence-corrected chi connectivity index (χ1v) is 12.1. The van der Waals surface area contributed by atoms with Gasteiger partial charge < -0.3 is 26.3 Å². The van der Waals surface area contributed by atoms with Crippen LogP contribution in [-0.4, -0.2) is 48.3 Å². The molecule has 3 amide bonds. The number of esters is 1. The van der Waals surface area contributed by atoms with Crippen LogP contribution in [0.1, 0.15) is 44.3 Å². The Labute approximate surface area is 221 Å². The summed E-state index contributed by atoms with van der Waals surface area (Å²) in [6.45, 7) is 3.01. The van der Waals surface area contributed by atoms with Gasteiger partial charge in [0, 0.05) is 0 Å². The number of rotatable bonds is 10. The van der Waals surface area contributed by atoms with Crippen molar-refractivity contribution in [1.82, 2.24) is 9.69 Å². The molecule has 0 spiro atoms. The number of ether oxygens (including phenoxy) is 2. The smallest absolute Gasteiger partial charge is 0.325 e. The van der Waals surface area contributed by atoms with E-state index in [4.69, 9.17) is 20.9 Å². The average molecular weight is 544 g/mol. The summed E-state index contributed by atoms with van der Waals surface area (Å²) in [6.07, 6.45) is 0. The van der Waals surface area contributed by atoms with E-state index in [-0.39, 0.29) is 39.9 Å². The summed E-state index contributed by atoms with van der Waals surface area (Å²) in [5.41, 5.74) is 11.9. The van der Waals surface area contributed by atoms with E-state index in [1.807, 2.05) is 0 Å². The second-order valence-corrected chi connectivity index (χ2v) is 8.74. The molecule has 200 valence electrons. The summed E-state index contributed by atoms with van der Waals surface area (Å²) in [7, 11) is 1.39. The molecule has 0 saturated carbocycles. The van der Waals surface area contributed by atoms with Gasteiger partial charge in [0.15, 0.2) is 5.69 Å². The summed E-state index contributed by atoms with van der Waals surface area (Å²) in [5, 5.41) is 2.47. The molecule has 11 nitrogen and oxygen atoms in total. The van der Waals surface area contributed by atoms with Gasteiger partial charge in [0.2, 0.25) is 5.91 Å². The van der Waals surface area contributed by atoms with Crippen molar-refractivity contribution in [3.05, 3.63) is 70.0 Å². The molecule has 0 saturated heterocycles. The summed E-state index contributed by atoms with van der Waals surface area (Å²) < 4.78 is 28.1. The Morgan fingerprint density at radius 2 is 1.84 bits per heavy atom. The van der Waals surface area contributed by atoms with Crippen molar-refractivity contribution in [2.24, 2.45) is 5.73 Å². The maximum Gasteiger partial charge on any atom is 0.325 e. The van der Waals surface area contributed by atoms with Crippen LogP contribution in [0.4, 0.5) is 15.8 Å². The Hall–Kier alpha value is -4.52. The molecule has 5 N–H and O–H groups in total. The topological polar surface area (TPSA) is 167 Å². The molecule has 2 aromatic carbocycles. The lowest BCUT2D eigenvalue weighted by atomic mass is 10.0. The molecule has 3 rings (SSSR count). The van der Waals surface area contributed by atoms with E-state index in [0.29, 0.717) is 11.5 Å². The normalized spacial score (nSPS) is 11.4. The number of amides is 3. The fraction of sp³-hybridized carbons (Fsp3) is 0.240. The van der Waals surface area contributed by atoms with Crippen LogP contribution >= 0.6 is 11.5 Å². The molecule has 0 unspecified atom stereocenters. The third kappa shape index (κ3) is 6.06. The van der Waals surface area contributed by atoms with Gasteiger partial charge in [-0.3, -0.25) is 24.1 Å². The number of anilines is 2. The van der Waals surface area contributed by atoms with Crippen LogP contribution in [0.15, 0.2) is 42.5 Å². The van der Waals surface area contributed by atoms with Crippen molar-refractivity contribution in [2.75, 3.05) is 30.9 Å². The molecule has 0 aliphatic carbocycles. The van der Waals surface area contributed by atoms with Gasteiger partial charge in [0.1, 0.15) is 29.0 Å². The molecule has 0 fully saturated rings. The number of nitrogens with two attached hydrogens (primary N) is 2. The van der Waals surface area contributed by atoms with E-state index in [1.54, 1.807) is 32.0 Å². The highest BCUT2D eigenvalue weighted by Gasteiger charge is 2.37. The summed E-state index contributed by atoms with van der Waals surface area (Å²) >= 11 is 0.631. The predicted octanol–water partition coefficient (Wildman–Crippen LogP) is 2.35. The lowest BCUT2D eigenvalue weighted by Gasteiger charge is -2.32. The Balaban J connectivity index is 2.24. The largest absolute Gasteiger partial charge is 0.495 e. The Bertz CT molecular complexity index is 1360. The molecule has 0 aliphatic rings. The lowest BCUT2D eigenvalue weighted by molar-refractivity contribution is -0.143. The minimum atomic E-state index is -1.44. The van der Waals surface area contributed by atoms with Gasteiger partial charge in [0.25, 0.3) is 11.8 Å². The molecule has 0 bridgehead atoms. The fourth-order valence-electron chi connectivity index (χ4n) is 3.62. The van der Waals surface area contributed by atoms with Gasteiger partial charge in [-0.1, -0.05) is 18.2 Å². The number of nitrogen functional groups attached to an aromatic ring is 1. The molecular weight excluding hydrogens is 517 g/mol. The zero-order valence-corrected chi connectivity index (χ0v) is 21.6. The Morgan fingerprint density at radius 3 is 2.42 bits per heavy atom. The average Bonchev–Trinajstić information content (AvgIpc) is 3.28. The summed E-state index contributed by atoms with van der Waals surface area (Å²) in [4.78, 5) is 52.3. The van der Waals surface area contributed by atoms with Crippen molar-refractivity contribution >= 4 is 46.6 Å². The minimum absolute atomic E-state index is 0.105. The maximum absolute atomic E-state index is 14.1. The second-order valence-electron chi connectivity index (χ2n) is 7.97. The maximum atomic E-state index is 14.1. The van der Waals surface area contributed by atoms with Gasteiger partial charge in [-0.05, 0) is 60.8 Å². The Morgan fingerprint density at radius 1 is 1.16 bits per heavy atom. The van der Waals surface area contributed by atoms with Crippen LogP contribution in [0, 0.1) is 12.7 Å². The number of hydrogen-bond acceptors (Lipinski definition) is 9. The SMILES string of the molecule is CCOC(=O)CNC(=O)[C@@H](c1ccc(F)cc1)N(C(=O)c1snc(C(N)=O)c1N)c1cc(C)ccc1OC. The van der Waals surface area contributed by atoms with E-state index < -0.39 is 42.1 Å². The number of aromatic nitrogens is 1. The lowest BCUT2D eigenvalue weighted by Crippen LogP contribution is -2.45. The van der Waals surface area contributed by atoms with Crippen LogP contribution in [0.2, 0.25) is 0 Å². The van der Waals surface area contributed by atoms with Crippen molar-refractivity contribution in [3.8, 4) is 5.75 Å². The van der Waals surface area contributed by atoms with Crippen LogP contribution in [0.25, 0.3) is 0 Å². The summed E-state index contributed by atoms with van der Waals surface area (Å²) in [6, 6.07) is 8.44. The van der Waals surface area contributed by atoms with Gasteiger partial charge in [-0.15, -0.1) is 0 Å². The second kappa shape index (κ2) is 12.1. The molecule has 38 heavy (non-hydrogen) atoms. The van der Waals surface area contributed by atoms with E-state index in [0.717, 1.165) is 22.6 Å². The molecule has 0 aliphatic heterocycles. The van der Waals surface area contributed by atoms with Crippen molar-refractivity contribution < 1.29 is 33.0 Å². The summed E-state index contributed by atoms with van der Waals surface area (Å²) in [5.74, 6) is -3.55. The van der Waals surface area contributed by atoms with E-state index in [1.165, 1.54) is 19.2 Å². The fourth-order valence-corrected chi connectivity index (χ4v) is 4.37. The first-order chi connectivity index (χ1) is 18.1. The molecule has 3 aromatic rings. The van der Waals surface area contributed by atoms with Crippen molar-refractivity contribution in [3.63, 3.8) is 0 Å². The minimum Gasteiger partial charge on any atom is -0.495 e. The van der Waals surface area contributed by atoms with Crippen LogP contribution in [0.5, 0.6) is 5.75 Å². The number of aryl methyl sites for hydroxylation is 1. The molecule has 1 atom stereocenters. The number of nitrogens with one attached hydrogen (secondary N) is 1. The highest BCUT2D eigenvalue weighted by Crippen LogP contribution is 2.38. The van der Waals surface area contributed by atoms with Crippen LogP contribution < -0.4 is 26.4 Å². The third-order valence-corrected chi connectivity index (χ3v) is 6.22. The standard InChI is InChI=1S/C25H26FN5O6S/c1-4-37-18(32)12-29-24(34)21(14-6-8-15(26)9-7-14)31(16-11-13(2)5-10-17(16)36-3)25(35)22-19(27)20(23(28)33)30-38-22/h5-11,21H,4,12,27H2,1-3H3,(H2,28,33)(H,29,34)/t21-/m1/s1. The number of carbonyl (C=O) groups excluding carboxylic acids is 4. The molecule has 13 heteroatoms. The number of primary amides is 1. The van der Waals surface area contributed by atoms with E-state index >= 15 is 0 Å². The quantitative estimate of drug-likeness (QED) is 0.328. The number of halogens is 1. The number of hydrogen-bond donors (Lipinski definition) is 3. The van der Waals surface area contributed by atoms with Gasteiger partial charge in [0.05, 0.1) is 25.1 Å². The highest BCUT2D eigenvalue weighted by molar-refractivity contribution is 7.09. The van der Waals surface area contributed by atoms with Crippen LogP contribution in [-0.2, 0) is 14.3 Å². The first-order valence-electron chi connectivity index (χ1n) is 11.3. The molecule has 1 heterocycles. The van der Waals surface area contributed by atoms with Gasteiger partial charge >= 0.3 is 5.97 Å². The van der Waals surface area contributed by atoms with E-state index in [2.05, 4.69) is 9.69 Å². The molecule has 1 aromatic heterocycles. The number of carbonyl (C=O) groups is 4. The zero-order chi connectivity index (χ0) is 28.0. The first kappa shape index (κ1) is 28.1. The number of methoxy groups -OCH3 is 1. The van der Waals surface area contributed by atoms with Crippen molar-refractivity contribution in [2.45, 2.75) is 19.9 Å². The number of nitrogens with zero attached hydrogens (tertiary/aromatic N) is 2. The van der Waals surface area contributed by atoms with Gasteiger partial charge in [-0.2, -0.15) is 4.37 Å². The van der Waals surface area contributed by atoms with Gasteiger partial charge in [-0.25, -0.2) is 4.39 Å². The molecular formula is C25H26FN5O6S. The Kier molecular flexibility index (Phi) is 8.97. The highest BCUT2D eigenvalue weighted by atomic mass is 32.1. The number of benzene rings is 2. The van der Waals surface area contributed by atoms with Crippen molar-refractivity contribution in [1.29, 1.82) is 0 Å².